The highest BCUT2D eigenvalue weighted by atomic mass is 19.1. The summed E-state index contributed by atoms with van der Waals surface area (Å²) in [5.74, 6) is -0.177. The molecule has 2 aromatic heterocycles. The van der Waals surface area contributed by atoms with Gasteiger partial charge in [0.15, 0.2) is 5.82 Å². The summed E-state index contributed by atoms with van der Waals surface area (Å²) in [5.41, 5.74) is 2.25. The molecule has 32 heavy (non-hydrogen) atoms. The number of halogens is 1. The quantitative estimate of drug-likeness (QED) is 0.664. The summed E-state index contributed by atoms with van der Waals surface area (Å²) in [4.78, 5) is 36.5. The lowest BCUT2D eigenvalue weighted by atomic mass is 10.00. The summed E-state index contributed by atoms with van der Waals surface area (Å²) in [5, 5.41) is 6.90. The van der Waals surface area contributed by atoms with Gasteiger partial charge < -0.3 is 10.2 Å². The highest BCUT2D eigenvalue weighted by Crippen LogP contribution is 2.30. The largest absolute Gasteiger partial charge is 0.348 e. The molecule has 8 nitrogen and oxygen atoms in total. The van der Waals surface area contributed by atoms with Crippen LogP contribution in [-0.4, -0.2) is 43.0 Å². The van der Waals surface area contributed by atoms with E-state index in [0.717, 1.165) is 24.8 Å². The van der Waals surface area contributed by atoms with E-state index in [-0.39, 0.29) is 30.2 Å². The first kappa shape index (κ1) is 21.6. The Morgan fingerprint density at radius 2 is 1.97 bits per heavy atom. The number of carbonyl (C=O) groups excluding carboxylic acids is 2. The first-order valence-corrected chi connectivity index (χ1v) is 10.6. The molecule has 3 heterocycles. The molecule has 0 spiro atoms. The zero-order valence-electron chi connectivity index (χ0n) is 18.1. The molecule has 0 aliphatic carbocycles. The molecule has 1 aliphatic rings. The molecule has 4 rings (SSSR count). The molecule has 2 amide bonds. The minimum Gasteiger partial charge on any atom is -0.348 e. The summed E-state index contributed by atoms with van der Waals surface area (Å²) in [6.45, 7) is 2.66. The van der Waals surface area contributed by atoms with Crippen LogP contribution in [0.4, 0.5) is 4.39 Å². The highest BCUT2D eigenvalue weighted by molar-refractivity contribution is 5.95. The number of aromatic nitrogens is 4. The molecule has 0 bridgehead atoms. The number of benzene rings is 1. The number of hydrogen-bond acceptors (Lipinski definition) is 5. The minimum absolute atomic E-state index is 0.0924. The fourth-order valence-electron chi connectivity index (χ4n) is 3.89. The average Bonchev–Trinajstić information content (AvgIpc) is 3.24. The van der Waals surface area contributed by atoms with Gasteiger partial charge in [-0.2, -0.15) is 5.10 Å². The van der Waals surface area contributed by atoms with Crippen LogP contribution in [0.3, 0.4) is 0 Å². The van der Waals surface area contributed by atoms with Gasteiger partial charge in [-0.05, 0) is 43.9 Å². The second kappa shape index (κ2) is 9.25. The molecule has 166 valence electrons. The maximum Gasteiger partial charge on any atom is 0.257 e. The number of nitrogens with zero attached hydrogens (tertiary/aromatic N) is 5. The molecule has 1 aromatic carbocycles. The Morgan fingerprint density at radius 1 is 1.19 bits per heavy atom. The third-order valence-electron chi connectivity index (χ3n) is 5.62. The Morgan fingerprint density at radius 3 is 2.66 bits per heavy atom. The smallest absolute Gasteiger partial charge is 0.257 e. The van der Waals surface area contributed by atoms with Crippen molar-refractivity contribution in [1.29, 1.82) is 0 Å². The highest BCUT2D eigenvalue weighted by Gasteiger charge is 2.31. The van der Waals surface area contributed by atoms with E-state index in [4.69, 9.17) is 0 Å². The van der Waals surface area contributed by atoms with Crippen LogP contribution in [0.5, 0.6) is 0 Å². The topological polar surface area (TPSA) is 93.0 Å². The van der Waals surface area contributed by atoms with E-state index in [2.05, 4.69) is 20.4 Å². The summed E-state index contributed by atoms with van der Waals surface area (Å²) in [6.07, 6.45) is 7.44. The molecule has 9 heteroatoms. The van der Waals surface area contributed by atoms with E-state index >= 15 is 0 Å². The van der Waals surface area contributed by atoms with Gasteiger partial charge in [0.1, 0.15) is 5.82 Å². The van der Waals surface area contributed by atoms with Crippen LogP contribution in [0.15, 0.2) is 42.9 Å². The lowest BCUT2D eigenvalue weighted by molar-refractivity contribution is 0.0599. The number of aryl methyl sites for hydroxylation is 2. The van der Waals surface area contributed by atoms with Gasteiger partial charge in [-0.15, -0.1) is 0 Å². The number of likely N-dealkylation sites (tertiary alicyclic amines) is 1. The molecule has 0 radical (unpaired) electrons. The second-order valence-corrected chi connectivity index (χ2v) is 7.95. The van der Waals surface area contributed by atoms with E-state index in [0.29, 0.717) is 29.2 Å². The van der Waals surface area contributed by atoms with E-state index in [9.17, 15) is 14.0 Å². The van der Waals surface area contributed by atoms with Gasteiger partial charge in [-0.1, -0.05) is 12.1 Å². The first-order valence-electron chi connectivity index (χ1n) is 10.6. The Balaban J connectivity index is 1.48. The van der Waals surface area contributed by atoms with E-state index in [1.54, 1.807) is 48.1 Å². The Hall–Kier alpha value is -3.62. The van der Waals surface area contributed by atoms with Crippen molar-refractivity contribution < 1.29 is 14.0 Å². The van der Waals surface area contributed by atoms with Crippen LogP contribution >= 0.6 is 0 Å². The molecule has 3 aromatic rings. The first-order chi connectivity index (χ1) is 15.4. The molecule has 1 saturated heterocycles. The van der Waals surface area contributed by atoms with Crippen molar-refractivity contribution >= 4 is 11.8 Å². The predicted molar refractivity (Wildman–Crippen MR) is 115 cm³/mol. The number of nitrogens with one attached hydrogen (secondary N) is 1. The van der Waals surface area contributed by atoms with Crippen molar-refractivity contribution in [3.8, 4) is 0 Å². The molecule has 1 fully saturated rings. The van der Waals surface area contributed by atoms with Crippen molar-refractivity contribution in [2.75, 3.05) is 6.54 Å². The third kappa shape index (κ3) is 4.66. The Kier molecular flexibility index (Phi) is 6.25. The van der Waals surface area contributed by atoms with E-state index < -0.39 is 0 Å². The van der Waals surface area contributed by atoms with Gasteiger partial charge in [0.05, 0.1) is 29.1 Å². The molecule has 1 atom stereocenters. The Bertz CT molecular complexity index is 1130. The van der Waals surface area contributed by atoms with Gasteiger partial charge in [0, 0.05) is 32.5 Å². The fraction of sp³-hybridized carbons (Fsp3) is 0.348. The third-order valence-corrected chi connectivity index (χ3v) is 5.62. The van der Waals surface area contributed by atoms with Crippen LogP contribution in [0.1, 0.15) is 63.1 Å². The molecule has 0 saturated carbocycles. The van der Waals surface area contributed by atoms with Crippen molar-refractivity contribution in [2.45, 2.75) is 38.8 Å². The minimum atomic E-state index is -0.321. The molecular formula is C23H25FN6O2. The van der Waals surface area contributed by atoms with Crippen LogP contribution in [-0.2, 0) is 13.6 Å². The number of amides is 2. The lowest BCUT2D eigenvalue weighted by Gasteiger charge is -2.34. The van der Waals surface area contributed by atoms with Gasteiger partial charge in [0.25, 0.3) is 11.8 Å². The summed E-state index contributed by atoms with van der Waals surface area (Å²) in [7, 11) is 1.77. The number of piperidine rings is 1. The van der Waals surface area contributed by atoms with Gasteiger partial charge in [0.2, 0.25) is 0 Å². The summed E-state index contributed by atoms with van der Waals surface area (Å²) in [6, 6.07) is 5.71. The van der Waals surface area contributed by atoms with Crippen molar-refractivity contribution in [2.24, 2.45) is 7.05 Å². The molecule has 1 N–H and O–H groups in total. The zero-order chi connectivity index (χ0) is 22.7. The second-order valence-electron chi connectivity index (χ2n) is 7.95. The predicted octanol–water partition coefficient (Wildman–Crippen LogP) is 2.96. The zero-order valence-corrected chi connectivity index (χ0v) is 18.1. The van der Waals surface area contributed by atoms with Crippen LogP contribution < -0.4 is 5.32 Å². The maximum absolute atomic E-state index is 13.0. The standard InChI is InChI=1S/C23H25FN6O2/c1-15-19(22(31)26-11-16-6-8-18(24)9-7-16)13-25-21(28-15)20-5-3-4-10-30(20)23(32)17-12-27-29(2)14-17/h6-9,12-14,20H,3-5,10-11H2,1-2H3,(H,26,31)/t20-/m0/s1. The molecular weight excluding hydrogens is 411 g/mol. The molecule has 1 aliphatic heterocycles. The average molecular weight is 436 g/mol. The van der Waals surface area contributed by atoms with Crippen LogP contribution in [0.25, 0.3) is 0 Å². The van der Waals surface area contributed by atoms with Crippen LogP contribution in [0, 0.1) is 12.7 Å². The monoisotopic (exact) mass is 436 g/mol. The van der Waals surface area contributed by atoms with Crippen molar-refractivity contribution in [3.63, 3.8) is 0 Å². The Labute approximate surface area is 185 Å². The number of rotatable bonds is 5. The van der Waals surface area contributed by atoms with Crippen LogP contribution in [0.2, 0.25) is 0 Å². The number of carbonyl (C=O) groups is 2. The molecule has 0 unspecified atom stereocenters. The number of hydrogen-bond donors (Lipinski definition) is 1. The van der Waals surface area contributed by atoms with Gasteiger partial charge >= 0.3 is 0 Å². The fourth-order valence-corrected chi connectivity index (χ4v) is 3.89. The SMILES string of the molecule is Cc1nc([C@@H]2CCCCN2C(=O)c2cnn(C)c2)ncc1C(=O)NCc1ccc(F)cc1. The van der Waals surface area contributed by atoms with Crippen molar-refractivity contribution in [3.05, 3.63) is 76.9 Å². The van der Waals surface area contributed by atoms with Gasteiger partial charge in [-0.25, -0.2) is 14.4 Å². The normalized spacial score (nSPS) is 16.1. The van der Waals surface area contributed by atoms with E-state index in [1.807, 2.05) is 0 Å². The van der Waals surface area contributed by atoms with Gasteiger partial charge in [-0.3, -0.25) is 14.3 Å². The van der Waals surface area contributed by atoms with Crippen molar-refractivity contribution in [1.82, 2.24) is 30.0 Å². The summed E-state index contributed by atoms with van der Waals surface area (Å²) >= 11 is 0. The maximum atomic E-state index is 13.0. The summed E-state index contributed by atoms with van der Waals surface area (Å²) < 4.78 is 14.6. The van der Waals surface area contributed by atoms with E-state index in [1.165, 1.54) is 18.3 Å². The lowest BCUT2D eigenvalue weighted by Crippen LogP contribution is -2.39.